The van der Waals surface area contributed by atoms with Gasteiger partial charge in [0.25, 0.3) is 11.8 Å². The molecule has 0 spiro atoms. The number of hydrogen-bond donors (Lipinski definition) is 0. The minimum atomic E-state index is 0.0585. The highest BCUT2D eigenvalue weighted by Gasteiger charge is 2.25. The van der Waals surface area contributed by atoms with Crippen molar-refractivity contribution in [2.75, 3.05) is 26.2 Å². The summed E-state index contributed by atoms with van der Waals surface area (Å²) in [6, 6.07) is 7.28. The summed E-state index contributed by atoms with van der Waals surface area (Å²) in [6.07, 6.45) is 4.51. The minimum absolute atomic E-state index is 0.0585. The quantitative estimate of drug-likeness (QED) is 0.834. The summed E-state index contributed by atoms with van der Waals surface area (Å²) in [4.78, 5) is 29.4. The third kappa shape index (κ3) is 3.80. The van der Waals surface area contributed by atoms with E-state index in [9.17, 15) is 9.59 Å². The highest BCUT2D eigenvalue weighted by molar-refractivity contribution is 5.99. The maximum atomic E-state index is 12.7. The van der Waals surface area contributed by atoms with Crippen LogP contribution < -0.4 is 0 Å². The molecular formula is C20H28N2O2. The van der Waals surface area contributed by atoms with Gasteiger partial charge in [-0.25, -0.2) is 0 Å². The third-order valence-corrected chi connectivity index (χ3v) is 5.24. The largest absolute Gasteiger partial charge is 0.338 e. The van der Waals surface area contributed by atoms with Crippen molar-refractivity contribution in [1.29, 1.82) is 0 Å². The lowest BCUT2D eigenvalue weighted by molar-refractivity contribution is 0.0680. The zero-order valence-electron chi connectivity index (χ0n) is 14.8. The zero-order chi connectivity index (χ0) is 17.1. The van der Waals surface area contributed by atoms with Gasteiger partial charge in [-0.15, -0.1) is 0 Å². The molecule has 2 fully saturated rings. The van der Waals surface area contributed by atoms with Crippen LogP contribution in [0.25, 0.3) is 0 Å². The Bertz CT molecular complexity index is 564. The van der Waals surface area contributed by atoms with Crippen LogP contribution in [0.3, 0.4) is 0 Å². The van der Waals surface area contributed by atoms with E-state index >= 15 is 0 Å². The Morgan fingerprint density at radius 2 is 1.33 bits per heavy atom. The van der Waals surface area contributed by atoms with Crippen LogP contribution in [0.4, 0.5) is 0 Å². The van der Waals surface area contributed by atoms with Gasteiger partial charge in [-0.3, -0.25) is 9.59 Å². The van der Waals surface area contributed by atoms with E-state index in [1.807, 2.05) is 28.0 Å². The number of nitrogens with zero attached hydrogens (tertiary/aromatic N) is 2. The van der Waals surface area contributed by atoms with Crippen LogP contribution in [0.15, 0.2) is 24.3 Å². The third-order valence-electron chi connectivity index (χ3n) is 5.24. The van der Waals surface area contributed by atoms with Crippen LogP contribution >= 0.6 is 0 Å². The molecule has 0 radical (unpaired) electrons. The Labute approximate surface area is 144 Å². The summed E-state index contributed by atoms with van der Waals surface area (Å²) in [5.74, 6) is 1.23. The van der Waals surface area contributed by atoms with E-state index in [0.717, 1.165) is 39.0 Å². The van der Waals surface area contributed by atoms with Crippen LogP contribution in [-0.2, 0) is 0 Å². The fourth-order valence-electron chi connectivity index (χ4n) is 3.90. The number of carbonyl (C=O) groups is 2. The molecule has 2 unspecified atom stereocenters. The van der Waals surface area contributed by atoms with Gasteiger partial charge in [-0.1, -0.05) is 19.9 Å². The van der Waals surface area contributed by atoms with E-state index in [0.29, 0.717) is 23.0 Å². The van der Waals surface area contributed by atoms with Crippen LogP contribution in [0.1, 0.15) is 60.2 Å². The first kappa shape index (κ1) is 17.0. The SMILES string of the molecule is CC1CCCN(C(=O)c2cccc(C(=O)N3CCCC(C)C3)c2)C1. The number of piperidine rings is 2. The van der Waals surface area contributed by atoms with Gasteiger partial charge < -0.3 is 9.80 Å². The second kappa shape index (κ2) is 7.37. The molecule has 2 amide bonds. The molecule has 130 valence electrons. The number of amides is 2. The molecule has 0 N–H and O–H groups in total. The van der Waals surface area contributed by atoms with Gasteiger partial charge in [0.1, 0.15) is 0 Å². The first-order chi connectivity index (χ1) is 11.5. The van der Waals surface area contributed by atoms with E-state index in [2.05, 4.69) is 13.8 Å². The monoisotopic (exact) mass is 328 g/mol. The van der Waals surface area contributed by atoms with Gasteiger partial charge in [0.15, 0.2) is 0 Å². The van der Waals surface area contributed by atoms with Gasteiger partial charge in [0, 0.05) is 37.3 Å². The van der Waals surface area contributed by atoms with Crippen LogP contribution in [0, 0.1) is 11.8 Å². The fraction of sp³-hybridized carbons (Fsp3) is 0.600. The first-order valence-electron chi connectivity index (χ1n) is 9.23. The normalized spacial score (nSPS) is 24.8. The fourth-order valence-corrected chi connectivity index (χ4v) is 3.90. The second-order valence-electron chi connectivity index (χ2n) is 7.58. The Hall–Kier alpha value is -1.84. The number of hydrogen-bond acceptors (Lipinski definition) is 2. The summed E-state index contributed by atoms with van der Waals surface area (Å²) >= 11 is 0. The average molecular weight is 328 g/mol. The summed E-state index contributed by atoms with van der Waals surface area (Å²) < 4.78 is 0. The first-order valence-corrected chi connectivity index (χ1v) is 9.23. The average Bonchev–Trinajstić information content (AvgIpc) is 2.60. The van der Waals surface area contributed by atoms with Crippen molar-refractivity contribution in [3.8, 4) is 0 Å². The highest BCUT2D eigenvalue weighted by Crippen LogP contribution is 2.21. The lowest BCUT2D eigenvalue weighted by Crippen LogP contribution is -2.40. The maximum Gasteiger partial charge on any atom is 0.253 e. The molecule has 0 bridgehead atoms. The van der Waals surface area contributed by atoms with Crippen LogP contribution in [-0.4, -0.2) is 47.8 Å². The van der Waals surface area contributed by atoms with Crippen molar-refractivity contribution in [2.24, 2.45) is 11.8 Å². The smallest absolute Gasteiger partial charge is 0.253 e. The molecule has 3 rings (SSSR count). The molecule has 1 aromatic rings. The molecular weight excluding hydrogens is 300 g/mol. The van der Waals surface area contributed by atoms with Crippen molar-refractivity contribution in [3.63, 3.8) is 0 Å². The van der Waals surface area contributed by atoms with Crippen molar-refractivity contribution < 1.29 is 9.59 Å². The van der Waals surface area contributed by atoms with Crippen LogP contribution in [0.2, 0.25) is 0 Å². The molecule has 2 saturated heterocycles. The van der Waals surface area contributed by atoms with Crippen molar-refractivity contribution >= 4 is 11.8 Å². The lowest BCUT2D eigenvalue weighted by Gasteiger charge is -2.32. The molecule has 24 heavy (non-hydrogen) atoms. The van der Waals surface area contributed by atoms with E-state index in [4.69, 9.17) is 0 Å². The predicted molar refractivity (Wildman–Crippen MR) is 95.0 cm³/mol. The summed E-state index contributed by atoms with van der Waals surface area (Å²) in [7, 11) is 0. The zero-order valence-corrected chi connectivity index (χ0v) is 14.8. The summed E-state index contributed by atoms with van der Waals surface area (Å²) in [5.41, 5.74) is 1.28. The number of rotatable bonds is 2. The molecule has 4 nitrogen and oxygen atoms in total. The topological polar surface area (TPSA) is 40.6 Å². The summed E-state index contributed by atoms with van der Waals surface area (Å²) in [5, 5.41) is 0. The van der Waals surface area contributed by atoms with Gasteiger partial charge in [0.2, 0.25) is 0 Å². The maximum absolute atomic E-state index is 12.7. The number of carbonyl (C=O) groups excluding carboxylic acids is 2. The van der Waals surface area contributed by atoms with Gasteiger partial charge in [0.05, 0.1) is 0 Å². The molecule has 2 atom stereocenters. The second-order valence-corrected chi connectivity index (χ2v) is 7.58. The molecule has 0 aromatic heterocycles. The summed E-state index contributed by atoms with van der Waals surface area (Å²) in [6.45, 7) is 7.67. The van der Waals surface area contributed by atoms with E-state index in [1.165, 1.54) is 12.8 Å². The Morgan fingerprint density at radius 1 is 0.875 bits per heavy atom. The standard InChI is InChI=1S/C20H28N2O2/c1-15-6-4-10-21(13-15)19(23)17-8-3-9-18(12-17)20(24)22-11-5-7-16(2)14-22/h3,8-9,12,15-16H,4-7,10-11,13-14H2,1-2H3. The van der Waals surface area contributed by atoms with Gasteiger partial charge >= 0.3 is 0 Å². The Kier molecular flexibility index (Phi) is 5.22. The van der Waals surface area contributed by atoms with E-state index in [1.54, 1.807) is 6.07 Å². The lowest BCUT2D eigenvalue weighted by atomic mass is 9.98. The number of likely N-dealkylation sites (tertiary alicyclic amines) is 2. The van der Waals surface area contributed by atoms with E-state index in [-0.39, 0.29) is 11.8 Å². The van der Waals surface area contributed by atoms with Crippen molar-refractivity contribution in [2.45, 2.75) is 39.5 Å². The molecule has 0 aliphatic carbocycles. The van der Waals surface area contributed by atoms with Gasteiger partial charge in [-0.05, 0) is 55.7 Å². The van der Waals surface area contributed by atoms with Gasteiger partial charge in [-0.2, -0.15) is 0 Å². The molecule has 2 heterocycles. The van der Waals surface area contributed by atoms with Crippen molar-refractivity contribution in [1.82, 2.24) is 9.80 Å². The Balaban J connectivity index is 1.73. The number of benzene rings is 1. The molecule has 2 aliphatic heterocycles. The molecule has 0 saturated carbocycles. The molecule has 2 aliphatic rings. The van der Waals surface area contributed by atoms with Crippen molar-refractivity contribution in [3.05, 3.63) is 35.4 Å². The molecule has 1 aromatic carbocycles. The Morgan fingerprint density at radius 3 is 1.75 bits per heavy atom. The predicted octanol–water partition coefficient (Wildman–Crippen LogP) is 3.43. The minimum Gasteiger partial charge on any atom is -0.338 e. The molecule has 4 heteroatoms. The van der Waals surface area contributed by atoms with E-state index < -0.39 is 0 Å². The van der Waals surface area contributed by atoms with Crippen LogP contribution in [0.5, 0.6) is 0 Å². The highest BCUT2D eigenvalue weighted by atomic mass is 16.2.